The van der Waals surface area contributed by atoms with Crippen LogP contribution in [0.15, 0.2) is 66.5 Å². The molecule has 186 valence electrons. The number of allylic oxidation sites excluding steroid dienone is 1. The molecule has 0 spiro atoms. The Balaban J connectivity index is 1.39. The number of ketones is 1. The van der Waals surface area contributed by atoms with E-state index in [0.29, 0.717) is 42.1 Å². The van der Waals surface area contributed by atoms with Gasteiger partial charge in [-0.15, -0.1) is 0 Å². The monoisotopic (exact) mass is 505 g/mol. The van der Waals surface area contributed by atoms with E-state index < -0.39 is 23.8 Å². The fourth-order valence-electron chi connectivity index (χ4n) is 4.46. The van der Waals surface area contributed by atoms with E-state index in [9.17, 15) is 19.2 Å². The second-order valence-corrected chi connectivity index (χ2v) is 9.78. The van der Waals surface area contributed by atoms with E-state index >= 15 is 0 Å². The number of aryl methyl sites for hydroxylation is 1. The molecule has 0 bridgehead atoms. The zero-order valence-electron chi connectivity index (χ0n) is 20.3. The Labute approximate surface area is 215 Å². The van der Waals surface area contributed by atoms with E-state index in [1.54, 1.807) is 6.07 Å². The van der Waals surface area contributed by atoms with Crippen molar-refractivity contribution in [1.82, 2.24) is 10.2 Å². The third kappa shape index (κ3) is 5.57. The van der Waals surface area contributed by atoms with Gasteiger partial charge in [0.05, 0.1) is 0 Å². The molecule has 2 aliphatic rings. The average Bonchev–Trinajstić information content (AvgIpc) is 3.09. The van der Waals surface area contributed by atoms with Gasteiger partial charge in [-0.1, -0.05) is 49.4 Å². The average molecular weight is 506 g/mol. The summed E-state index contributed by atoms with van der Waals surface area (Å²) in [5.41, 5.74) is 4.08. The summed E-state index contributed by atoms with van der Waals surface area (Å²) in [6, 6.07) is 12.2. The van der Waals surface area contributed by atoms with Gasteiger partial charge in [-0.25, -0.2) is 0 Å². The number of imide groups is 1. The summed E-state index contributed by atoms with van der Waals surface area (Å²) in [6.07, 6.45) is 2.73. The van der Waals surface area contributed by atoms with Crippen molar-refractivity contribution in [2.75, 3.05) is 5.32 Å². The van der Waals surface area contributed by atoms with Gasteiger partial charge in [-0.3, -0.25) is 24.1 Å². The molecule has 8 heteroatoms. The number of carbonyl (C=O) groups is 4. The van der Waals surface area contributed by atoms with E-state index in [4.69, 9.17) is 11.6 Å². The van der Waals surface area contributed by atoms with Gasteiger partial charge >= 0.3 is 0 Å². The van der Waals surface area contributed by atoms with Crippen molar-refractivity contribution in [1.29, 1.82) is 0 Å². The topological polar surface area (TPSA) is 95.6 Å². The SMILES string of the molecule is C=C1CCC(N2C(=O)C=C(Nc3cccc(C(C)CC(=O)Cc4ccc(C)c(Cl)c4)c3)C2=O)C(=O)N1. The van der Waals surface area contributed by atoms with Crippen LogP contribution < -0.4 is 10.6 Å². The second-order valence-electron chi connectivity index (χ2n) is 9.37. The predicted octanol–water partition coefficient (Wildman–Crippen LogP) is 4.41. The summed E-state index contributed by atoms with van der Waals surface area (Å²) in [6.45, 7) is 7.62. The van der Waals surface area contributed by atoms with Crippen molar-refractivity contribution in [2.24, 2.45) is 0 Å². The van der Waals surface area contributed by atoms with E-state index in [1.807, 2.05) is 50.2 Å². The molecule has 0 saturated carbocycles. The third-order valence-corrected chi connectivity index (χ3v) is 6.90. The van der Waals surface area contributed by atoms with Crippen LogP contribution in [0.1, 0.15) is 48.8 Å². The molecule has 2 N–H and O–H groups in total. The number of hydrogen-bond donors (Lipinski definition) is 2. The van der Waals surface area contributed by atoms with Gasteiger partial charge in [0.25, 0.3) is 11.8 Å². The smallest absolute Gasteiger partial charge is 0.278 e. The summed E-state index contributed by atoms with van der Waals surface area (Å²) in [4.78, 5) is 51.5. The predicted molar refractivity (Wildman–Crippen MR) is 138 cm³/mol. The second kappa shape index (κ2) is 10.5. The number of carbonyl (C=O) groups excluding carboxylic acids is 4. The Bertz CT molecular complexity index is 1300. The molecule has 2 atom stereocenters. The first kappa shape index (κ1) is 25.4. The van der Waals surface area contributed by atoms with Crippen molar-refractivity contribution >= 4 is 40.8 Å². The Morgan fingerprint density at radius 1 is 1.22 bits per heavy atom. The Hall–Kier alpha value is -3.71. The standard InChI is InChI=1S/C28H28ClN3O4/c1-16-7-9-19(13-23(16)29)12-22(33)11-17(2)20-5-4-6-21(14-20)31-24-15-26(34)32(28(24)36)25-10-8-18(3)30-27(25)35/h4-7,9,13-15,17,25,31H,3,8,10-12H2,1-2H3,(H,30,35). The first-order chi connectivity index (χ1) is 17.1. The molecular weight excluding hydrogens is 478 g/mol. The summed E-state index contributed by atoms with van der Waals surface area (Å²) in [5, 5.41) is 6.27. The molecule has 7 nitrogen and oxygen atoms in total. The van der Waals surface area contributed by atoms with Crippen molar-refractivity contribution in [2.45, 2.75) is 51.5 Å². The highest BCUT2D eigenvalue weighted by molar-refractivity contribution is 6.31. The number of benzene rings is 2. The zero-order chi connectivity index (χ0) is 26.0. The molecule has 3 amide bonds. The first-order valence-electron chi connectivity index (χ1n) is 11.8. The lowest BCUT2D eigenvalue weighted by molar-refractivity contribution is -0.146. The van der Waals surface area contributed by atoms with Crippen LogP contribution in [0, 0.1) is 6.92 Å². The van der Waals surface area contributed by atoms with E-state index in [0.717, 1.165) is 21.6 Å². The lowest BCUT2D eigenvalue weighted by Crippen LogP contribution is -2.52. The maximum atomic E-state index is 12.9. The minimum atomic E-state index is -0.855. The molecule has 2 aromatic rings. The lowest BCUT2D eigenvalue weighted by Gasteiger charge is -2.29. The number of hydrogen-bond acceptors (Lipinski definition) is 5. The van der Waals surface area contributed by atoms with Crippen LogP contribution in [0.5, 0.6) is 0 Å². The Morgan fingerprint density at radius 2 is 2.00 bits per heavy atom. The number of piperidine rings is 1. The number of nitrogens with one attached hydrogen (secondary N) is 2. The van der Waals surface area contributed by atoms with Gasteiger partial charge < -0.3 is 10.6 Å². The summed E-state index contributed by atoms with van der Waals surface area (Å²) >= 11 is 6.18. The lowest BCUT2D eigenvalue weighted by atomic mass is 9.93. The van der Waals surface area contributed by atoms with Crippen LogP contribution in [-0.4, -0.2) is 34.4 Å². The number of halogens is 1. The maximum absolute atomic E-state index is 12.9. The van der Waals surface area contributed by atoms with Gasteiger partial charge in [0.1, 0.15) is 17.5 Å². The minimum absolute atomic E-state index is 0.0504. The number of nitrogens with zero attached hydrogens (tertiary/aromatic N) is 1. The van der Waals surface area contributed by atoms with Crippen molar-refractivity contribution in [3.05, 3.63) is 88.2 Å². The molecule has 2 aromatic carbocycles. The molecule has 0 aliphatic carbocycles. The van der Waals surface area contributed by atoms with Crippen LogP contribution in [0.4, 0.5) is 5.69 Å². The van der Waals surface area contributed by atoms with Crippen molar-refractivity contribution in [3.63, 3.8) is 0 Å². The zero-order valence-corrected chi connectivity index (χ0v) is 21.0. The van der Waals surface area contributed by atoms with Crippen LogP contribution in [0.3, 0.4) is 0 Å². The number of anilines is 1. The molecule has 2 aliphatic heterocycles. The highest BCUT2D eigenvalue weighted by Gasteiger charge is 2.41. The maximum Gasteiger partial charge on any atom is 0.278 e. The normalized spacial score (nSPS) is 18.7. The van der Waals surface area contributed by atoms with Gasteiger partial charge in [0.15, 0.2) is 0 Å². The highest BCUT2D eigenvalue weighted by Crippen LogP contribution is 2.27. The fraction of sp³-hybridized carbons (Fsp3) is 0.286. The molecule has 2 heterocycles. The van der Waals surface area contributed by atoms with Crippen LogP contribution >= 0.6 is 11.6 Å². The Kier molecular flexibility index (Phi) is 7.40. The molecule has 0 aromatic heterocycles. The quantitative estimate of drug-likeness (QED) is 0.518. The van der Waals surface area contributed by atoms with Crippen LogP contribution in [0.2, 0.25) is 5.02 Å². The minimum Gasteiger partial charge on any atom is -0.351 e. The van der Waals surface area contributed by atoms with Gasteiger partial charge in [0.2, 0.25) is 5.91 Å². The summed E-state index contributed by atoms with van der Waals surface area (Å²) < 4.78 is 0. The third-order valence-electron chi connectivity index (χ3n) is 6.49. The Morgan fingerprint density at radius 3 is 2.72 bits per heavy atom. The molecule has 1 fully saturated rings. The van der Waals surface area contributed by atoms with Gasteiger partial charge in [0, 0.05) is 35.3 Å². The highest BCUT2D eigenvalue weighted by atomic mass is 35.5. The number of rotatable bonds is 8. The number of amides is 3. The number of Topliss-reactive ketones (excluding diaryl/α,β-unsaturated/α-hetero) is 1. The molecular formula is C28H28ClN3O4. The summed E-state index contributed by atoms with van der Waals surface area (Å²) in [5.74, 6) is -1.43. The van der Waals surface area contributed by atoms with E-state index in [2.05, 4.69) is 17.2 Å². The van der Waals surface area contributed by atoms with Gasteiger partial charge in [-0.05, 0) is 60.6 Å². The first-order valence-corrected chi connectivity index (χ1v) is 12.2. The van der Waals surface area contributed by atoms with Crippen molar-refractivity contribution in [3.8, 4) is 0 Å². The molecule has 4 rings (SSSR count). The van der Waals surface area contributed by atoms with Crippen LogP contribution in [0.25, 0.3) is 0 Å². The van der Waals surface area contributed by atoms with Gasteiger partial charge in [-0.2, -0.15) is 0 Å². The largest absolute Gasteiger partial charge is 0.351 e. The molecule has 36 heavy (non-hydrogen) atoms. The van der Waals surface area contributed by atoms with Crippen LogP contribution in [-0.2, 0) is 25.6 Å². The van der Waals surface area contributed by atoms with E-state index in [1.165, 1.54) is 6.08 Å². The summed E-state index contributed by atoms with van der Waals surface area (Å²) in [7, 11) is 0. The molecule has 2 unspecified atom stereocenters. The van der Waals surface area contributed by atoms with Crippen molar-refractivity contribution < 1.29 is 19.2 Å². The molecule has 0 radical (unpaired) electrons. The van der Waals surface area contributed by atoms with E-state index in [-0.39, 0.29) is 17.4 Å². The molecule has 1 saturated heterocycles. The fourth-order valence-corrected chi connectivity index (χ4v) is 4.66.